The number of aromatic nitrogens is 1. The first kappa shape index (κ1) is 17.9. The minimum absolute atomic E-state index is 0.134. The maximum Gasteiger partial charge on any atom is 0.264 e. The molecule has 26 heavy (non-hydrogen) atoms. The van der Waals surface area contributed by atoms with Crippen molar-refractivity contribution in [1.29, 1.82) is 0 Å². The molecule has 1 aromatic carbocycles. The van der Waals surface area contributed by atoms with Gasteiger partial charge in [-0.3, -0.25) is 14.4 Å². The molecule has 3 N–H and O–H groups in total. The standard InChI is InChI=1S/C19H21N3O4/c1-20-18(25)15-9-13(17(24)21-14-7-8-14)10-22(19(15)26)16(11-23)12-5-3-2-4-6-12/h2-6,9-10,14,16,23H,7-8,11H2,1H3,(H,20,25)(H,21,24). The van der Waals surface area contributed by atoms with Gasteiger partial charge in [-0.2, -0.15) is 0 Å². The highest BCUT2D eigenvalue weighted by Gasteiger charge is 2.26. The summed E-state index contributed by atoms with van der Waals surface area (Å²) in [6, 6.07) is 9.74. The van der Waals surface area contributed by atoms with Crippen LogP contribution in [0.5, 0.6) is 0 Å². The largest absolute Gasteiger partial charge is 0.394 e. The summed E-state index contributed by atoms with van der Waals surface area (Å²) in [5, 5.41) is 15.1. The van der Waals surface area contributed by atoms with E-state index in [9.17, 15) is 19.5 Å². The molecule has 3 rings (SSSR count). The number of nitrogens with one attached hydrogen (secondary N) is 2. The van der Waals surface area contributed by atoms with E-state index in [1.807, 2.05) is 6.07 Å². The lowest BCUT2D eigenvalue weighted by Gasteiger charge is -2.20. The van der Waals surface area contributed by atoms with Gasteiger partial charge in [-0.05, 0) is 24.5 Å². The van der Waals surface area contributed by atoms with E-state index < -0.39 is 17.5 Å². The first-order valence-corrected chi connectivity index (χ1v) is 8.50. The van der Waals surface area contributed by atoms with E-state index >= 15 is 0 Å². The van der Waals surface area contributed by atoms with Crippen molar-refractivity contribution in [1.82, 2.24) is 15.2 Å². The fourth-order valence-corrected chi connectivity index (χ4v) is 2.78. The van der Waals surface area contributed by atoms with Gasteiger partial charge in [-0.1, -0.05) is 30.3 Å². The van der Waals surface area contributed by atoms with Crippen molar-refractivity contribution in [2.75, 3.05) is 13.7 Å². The van der Waals surface area contributed by atoms with Crippen LogP contribution in [-0.2, 0) is 0 Å². The molecule has 136 valence electrons. The lowest BCUT2D eigenvalue weighted by atomic mass is 10.1. The van der Waals surface area contributed by atoms with Gasteiger partial charge in [0.1, 0.15) is 5.56 Å². The molecular weight excluding hydrogens is 334 g/mol. The number of carbonyl (C=O) groups is 2. The zero-order valence-electron chi connectivity index (χ0n) is 14.4. The molecule has 7 heteroatoms. The lowest BCUT2D eigenvalue weighted by Crippen LogP contribution is -2.36. The van der Waals surface area contributed by atoms with Crippen LogP contribution >= 0.6 is 0 Å². The minimum atomic E-state index is -0.694. The molecule has 1 atom stereocenters. The highest BCUT2D eigenvalue weighted by molar-refractivity contribution is 5.99. The van der Waals surface area contributed by atoms with Crippen LogP contribution in [-0.4, -0.2) is 41.2 Å². The SMILES string of the molecule is CNC(=O)c1cc(C(=O)NC2CC2)cn(C(CO)c2ccccc2)c1=O. The Morgan fingerprint density at radius 3 is 2.50 bits per heavy atom. The Balaban J connectivity index is 2.11. The van der Waals surface area contributed by atoms with Crippen molar-refractivity contribution in [2.45, 2.75) is 24.9 Å². The molecule has 1 heterocycles. The highest BCUT2D eigenvalue weighted by Crippen LogP contribution is 2.20. The molecular formula is C19H21N3O4. The maximum absolute atomic E-state index is 12.8. The fourth-order valence-electron chi connectivity index (χ4n) is 2.78. The Hall–Kier alpha value is -2.93. The van der Waals surface area contributed by atoms with Crippen molar-refractivity contribution in [3.8, 4) is 0 Å². The summed E-state index contributed by atoms with van der Waals surface area (Å²) in [7, 11) is 1.42. The van der Waals surface area contributed by atoms with Crippen molar-refractivity contribution >= 4 is 11.8 Å². The van der Waals surface area contributed by atoms with E-state index in [4.69, 9.17) is 0 Å². The van der Waals surface area contributed by atoms with Gasteiger partial charge in [-0.15, -0.1) is 0 Å². The third-order valence-corrected chi connectivity index (χ3v) is 4.38. The molecule has 2 aromatic rings. The normalized spacial score (nSPS) is 14.5. The monoisotopic (exact) mass is 355 g/mol. The second-order valence-corrected chi connectivity index (χ2v) is 6.29. The molecule has 1 aliphatic rings. The topological polar surface area (TPSA) is 100 Å². The average Bonchev–Trinajstić information content (AvgIpc) is 3.47. The lowest BCUT2D eigenvalue weighted by molar-refractivity contribution is 0.0949. The van der Waals surface area contributed by atoms with Crippen LogP contribution in [0.25, 0.3) is 0 Å². The molecule has 0 bridgehead atoms. The number of aliphatic hydroxyl groups is 1. The Morgan fingerprint density at radius 2 is 1.92 bits per heavy atom. The Labute approximate surface area is 150 Å². The van der Waals surface area contributed by atoms with Crippen LogP contribution in [0, 0.1) is 0 Å². The first-order chi connectivity index (χ1) is 12.5. The van der Waals surface area contributed by atoms with Crippen molar-refractivity contribution in [3.05, 3.63) is 69.6 Å². The van der Waals surface area contributed by atoms with Gasteiger partial charge < -0.3 is 20.3 Å². The number of nitrogens with zero attached hydrogens (tertiary/aromatic N) is 1. The number of benzene rings is 1. The van der Waals surface area contributed by atoms with Gasteiger partial charge in [0.15, 0.2) is 0 Å². The van der Waals surface area contributed by atoms with Gasteiger partial charge in [-0.25, -0.2) is 0 Å². The molecule has 1 fully saturated rings. The Bertz CT molecular complexity index is 872. The molecule has 0 saturated heterocycles. The molecule has 7 nitrogen and oxygen atoms in total. The molecule has 1 aromatic heterocycles. The van der Waals surface area contributed by atoms with Crippen LogP contribution in [0.4, 0.5) is 0 Å². The van der Waals surface area contributed by atoms with E-state index in [0.29, 0.717) is 5.56 Å². The number of carbonyl (C=O) groups excluding carboxylic acids is 2. The Morgan fingerprint density at radius 1 is 1.23 bits per heavy atom. The molecule has 0 spiro atoms. The number of rotatable bonds is 6. The summed E-state index contributed by atoms with van der Waals surface area (Å²) in [5.41, 5.74) is 0.227. The number of hydrogen-bond acceptors (Lipinski definition) is 4. The second kappa shape index (κ2) is 7.53. The van der Waals surface area contributed by atoms with E-state index in [0.717, 1.165) is 12.8 Å². The van der Waals surface area contributed by atoms with Crippen molar-refractivity contribution in [2.24, 2.45) is 0 Å². The van der Waals surface area contributed by atoms with Crippen molar-refractivity contribution < 1.29 is 14.7 Å². The van der Waals surface area contributed by atoms with Gasteiger partial charge in [0.2, 0.25) is 0 Å². The van der Waals surface area contributed by atoms with E-state index in [2.05, 4.69) is 10.6 Å². The molecule has 1 aliphatic carbocycles. The van der Waals surface area contributed by atoms with Crippen LogP contribution in [0.3, 0.4) is 0 Å². The summed E-state index contributed by atoms with van der Waals surface area (Å²) in [6.45, 7) is -0.342. The summed E-state index contributed by atoms with van der Waals surface area (Å²) < 4.78 is 1.25. The number of amides is 2. The first-order valence-electron chi connectivity index (χ1n) is 8.50. The number of aliphatic hydroxyl groups excluding tert-OH is 1. The number of hydrogen-bond donors (Lipinski definition) is 3. The zero-order valence-corrected chi connectivity index (χ0v) is 14.4. The number of pyridine rings is 1. The zero-order chi connectivity index (χ0) is 18.7. The van der Waals surface area contributed by atoms with Crippen LogP contribution in [0.2, 0.25) is 0 Å². The average molecular weight is 355 g/mol. The molecule has 2 amide bonds. The van der Waals surface area contributed by atoms with Crippen LogP contribution in [0.1, 0.15) is 45.2 Å². The van der Waals surface area contributed by atoms with Crippen LogP contribution in [0.15, 0.2) is 47.4 Å². The molecule has 0 aliphatic heterocycles. The third kappa shape index (κ3) is 3.67. The highest BCUT2D eigenvalue weighted by atomic mass is 16.3. The minimum Gasteiger partial charge on any atom is -0.394 e. The van der Waals surface area contributed by atoms with Gasteiger partial charge in [0.25, 0.3) is 17.4 Å². The summed E-state index contributed by atoms with van der Waals surface area (Å²) in [4.78, 5) is 37.4. The molecule has 1 saturated carbocycles. The fraction of sp³-hybridized carbons (Fsp3) is 0.316. The predicted molar refractivity (Wildman–Crippen MR) is 96.2 cm³/mol. The summed E-state index contributed by atoms with van der Waals surface area (Å²) >= 11 is 0. The van der Waals surface area contributed by atoms with Crippen molar-refractivity contribution in [3.63, 3.8) is 0 Å². The van der Waals surface area contributed by atoms with E-state index in [1.165, 1.54) is 23.9 Å². The summed E-state index contributed by atoms with van der Waals surface area (Å²) in [6.07, 6.45) is 3.26. The Kier molecular flexibility index (Phi) is 5.18. The van der Waals surface area contributed by atoms with E-state index in [-0.39, 0.29) is 29.7 Å². The van der Waals surface area contributed by atoms with Gasteiger partial charge >= 0.3 is 0 Å². The predicted octanol–water partition coefficient (Wildman–Crippen LogP) is 0.682. The molecule has 0 radical (unpaired) electrons. The second-order valence-electron chi connectivity index (χ2n) is 6.29. The maximum atomic E-state index is 12.8. The van der Waals surface area contributed by atoms with Crippen LogP contribution < -0.4 is 16.2 Å². The third-order valence-electron chi connectivity index (χ3n) is 4.38. The van der Waals surface area contributed by atoms with Gasteiger partial charge in [0, 0.05) is 19.3 Å². The van der Waals surface area contributed by atoms with Gasteiger partial charge in [0.05, 0.1) is 18.2 Å². The molecule has 1 unspecified atom stereocenters. The van der Waals surface area contributed by atoms with E-state index in [1.54, 1.807) is 24.3 Å². The smallest absolute Gasteiger partial charge is 0.264 e. The quantitative estimate of drug-likeness (QED) is 0.709. The summed E-state index contributed by atoms with van der Waals surface area (Å²) in [5.74, 6) is -0.911.